The molecule has 98 valence electrons. The van der Waals surface area contributed by atoms with Crippen LogP contribution in [0.1, 0.15) is 30.9 Å². The monoisotopic (exact) mass is 266 g/mol. The molecule has 1 unspecified atom stereocenters. The number of rotatable bonds is 2. The van der Waals surface area contributed by atoms with Gasteiger partial charge in [0, 0.05) is 4.90 Å². The molecular weight excluding hydrogens is 248 g/mol. The molecule has 0 saturated carbocycles. The highest BCUT2D eigenvalue weighted by molar-refractivity contribution is 7.80. The van der Waals surface area contributed by atoms with E-state index in [-0.39, 0.29) is 12.4 Å². The van der Waals surface area contributed by atoms with Crippen molar-refractivity contribution < 1.29 is 14.3 Å². The molecule has 0 amide bonds. The van der Waals surface area contributed by atoms with E-state index >= 15 is 0 Å². The Morgan fingerprint density at radius 1 is 1.56 bits per heavy atom. The highest BCUT2D eigenvalue weighted by Crippen LogP contribution is 2.38. The molecule has 0 fully saturated rings. The lowest BCUT2D eigenvalue weighted by molar-refractivity contribution is -0.145. The number of fused-ring (bicyclic) bond motifs is 1. The molecule has 2 rings (SSSR count). The Kier molecular flexibility index (Phi) is 3.57. The van der Waals surface area contributed by atoms with Crippen LogP contribution in [0.15, 0.2) is 17.0 Å². The highest BCUT2D eigenvalue weighted by atomic mass is 32.1. The number of methoxy groups -OCH3 is 1. The molecule has 1 aliphatic rings. The molecule has 1 aromatic rings. The van der Waals surface area contributed by atoms with E-state index in [0.717, 1.165) is 29.1 Å². The molecule has 4 heteroatoms. The van der Waals surface area contributed by atoms with E-state index in [4.69, 9.17) is 9.47 Å². The topological polar surface area (TPSA) is 35.5 Å². The van der Waals surface area contributed by atoms with Crippen LogP contribution < -0.4 is 4.74 Å². The van der Waals surface area contributed by atoms with Gasteiger partial charge in [-0.3, -0.25) is 4.79 Å². The smallest absolute Gasteiger partial charge is 0.309 e. The van der Waals surface area contributed by atoms with Gasteiger partial charge in [0.25, 0.3) is 0 Å². The van der Waals surface area contributed by atoms with Crippen molar-refractivity contribution in [2.24, 2.45) is 0 Å². The van der Waals surface area contributed by atoms with Gasteiger partial charge in [-0.25, -0.2) is 0 Å². The molecule has 1 heterocycles. The summed E-state index contributed by atoms with van der Waals surface area (Å²) in [6.45, 7) is 3.96. The molecule has 0 bridgehead atoms. The van der Waals surface area contributed by atoms with Crippen LogP contribution in [0, 0.1) is 6.92 Å². The third kappa shape index (κ3) is 2.64. The van der Waals surface area contributed by atoms with Gasteiger partial charge < -0.3 is 9.47 Å². The summed E-state index contributed by atoms with van der Waals surface area (Å²) in [6, 6.07) is 4.01. The first kappa shape index (κ1) is 13.3. The standard InChI is InChI=1S/C14H18O3S/c1-9-6-11(18)7-10-4-5-14(2,17-13(9)10)8-12(15)16-3/h6-7,18H,4-5,8H2,1-3H3. The Morgan fingerprint density at radius 3 is 2.94 bits per heavy atom. The number of ether oxygens (including phenoxy) is 2. The van der Waals surface area contributed by atoms with Crippen molar-refractivity contribution in [3.63, 3.8) is 0 Å². The predicted molar refractivity (Wildman–Crippen MR) is 72.4 cm³/mol. The second kappa shape index (κ2) is 4.84. The summed E-state index contributed by atoms with van der Waals surface area (Å²) >= 11 is 4.37. The van der Waals surface area contributed by atoms with Gasteiger partial charge in [-0.2, -0.15) is 0 Å². The van der Waals surface area contributed by atoms with Crippen LogP contribution in [0.2, 0.25) is 0 Å². The number of hydrogen-bond acceptors (Lipinski definition) is 4. The summed E-state index contributed by atoms with van der Waals surface area (Å²) in [5.41, 5.74) is 1.76. The number of hydrogen-bond donors (Lipinski definition) is 1. The zero-order chi connectivity index (χ0) is 13.3. The molecule has 0 saturated heterocycles. The van der Waals surface area contributed by atoms with Gasteiger partial charge in [0.05, 0.1) is 13.5 Å². The average Bonchev–Trinajstić information content (AvgIpc) is 2.30. The van der Waals surface area contributed by atoms with Crippen molar-refractivity contribution in [1.82, 2.24) is 0 Å². The summed E-state index contributed by atoms with van der Waals surface area (Å²) in [6.07, 6.45) is 1.99. The van der Waals surface area contributed by atoms with Crippen molar-refractivity contribution in [3.05, 3.63) is 23.3 Å². The number of carbonyl (C=O) groups is 1. The van der Waals surface area contributed by atoms with E-state index in [1.807, 2.05) is 26.0 Å². The van der Waals surface area contributed by atoms with Crippen LogP contribution in [-0.2, 0) is 16.0 Å². The second-order valence-electron chi connectivity index (χ2n) is 5.06. The molecule has 0 spiro atoms. The van der Waals surface area contributed by atoms with Crippen molar-refractivity contribution >= 4 is 18.6 Å². The normalized spacial score (nSPS) is 22.0. The van der Waals surface area contributed by atoms with Gasteiger partial charge in [-0.1, -0.05) is 0 Å². The number of thiol groups is 1. The van der Waals surface area contributed by atoms with Crippen LogP contribution in [0.5, 0.6) is 5.75 Å². The minimum absolute atomic E-state index is 0.232. The van der Waals surface area contributed by atoms with Gasteiger partial charge in [0.2, 0.25) is 0 Å². The SMILES string of the molecule is COC(=O)CC1(C)CCc2cc(S)cc(C)c2O1. The van der Waals surface area contributed by atoms with Crippen molar-refractivity contribution in [2.75, 3.05) is 7.11 Å². The van der Waals surface area contributed by atoms with E-state index in [0.29, 0.717) is 0 Å². The maximum atomic E-state index is 11.4. The van der Waals surface area contributed by atoms with E-state index < -0.39 is 5.60 Å². The van der Waals surface area contributed by atoms with Crippen LogP contribution in [0.3, 0.4) is 0 Å². The third-order valence-electron chi connectivity index (χ3n) is 3.35. The maximum Gasteiger partial charge on any atom is 0.309 e. The molecule has 0 aliphatic carbocycles. The molecule has 1 aromatic carbocycles. The lowest BCUT2D eigenvalue weighted by atomic mass is 9.89. The molecular formula is C14H18O3S. The first-order chi connectivity index (χ1) is 8.43. The first-order valence-corrected chi connectivity index (χ1v) is 6.46. The predicted octanol–water partition coefficient (Wildman–Crippen LogP) is 2.93. The van der Waals surface area contributed by atoms with Gasteiger partial charge in [0.1, 0.15) is 11.4 Å². The van der Waals surface area contributed by atoms with Crippen molar-refractivity contribution in [1.29, 1.82) is 0 Å². The fourth-order valence-electron chi connectivity index (χ4n) is 2.36. The minimum atomic E-state index is -0.469. The Labute approximate surface area is 113 Å². The number of esters is 1. The average molecular weight is 266 g/mol. The van der Waals surface area contributed by atoms with E-state index in [9.17, 15) is 4.79 Å². The number of benzene rings is 1. The molecule has 0 N–H and O–H groups in total. The minimum Gasteiger partial charge on any atom is -0.486 e. The number of carbonyl (C=O) groups excluding carboxylic acids is 1. The molecule has 0 radical (unpaired) electrons. The Balaban J connectivity index is 2.26. The third-order valence-corrected chi connectivity index (χ3v) is 3.61. The Hall–Kier alpha value is -1.16. The number of aryl methyl sites for hydroxylation is 2. The highest BCUT2D eigenvalue weighted by Gasteiger charge is 2.35. The fourth-order valence-corrected chi connectivity index (χ4v) is 2.71. The van der Waals surface area contributed by atoms with E-state index in [1.165, 1.54) is 12.7 Å². The Morgan fingerprint density at radius 2 is 2.28 bits per heavy atom. The summed E-state index contributed by atoms with van der Waals surface area (Å²) < 4.78 is 10.8. The Bertz CT molecular complexity index is 484. The lowest BCUT2D eigenvalue weighted by Gasteiger charge is -2.36. The van der Waals surface area contributed by atoms with E-state index in [2.05, 4.69) is 12.6 Å². The summed E-state index contributed by atoms with van der Waals surface area (Å²) in [7, 11) is 1.40. The zero-order valence-electron chi connectivity index (χ0n) is 10.9. The van der Waals surface area contributed by atoms with Gasteiger partial charge in [-0.05, 0) is 49.9 Å². The maximum absolute atomic E-state index is 11.4. The zero-order valence-corrected chi connectivity index (χ0v) is 11.8. The van der Waals surface area contributed by atoms with Crippen molar-refractivity contribution in [3.8, 4) is 5.75 Å². The van der Waals surface area contributed by atoms with Gasteiger partial charge in [0.15, 0.2) is 0 Å². The molecule has 0 aromatic heterocycles. The van der Waals surface area contributed by atoms with Crippen LogP contribution in [0.4, 0.5) is 0 Å². The molecule has 3 nitrogen and oxygen atoms in total. The molecule has 1 atom stereocenters. The van der Waals surface area contributed by atoms with Crippen LogP contribution >= 0.6 is 12.6 Å². The summed E-state index contributed by atoms with van der Waals surface area (Å²) in [5, 5.41) is 0. The molecule has 1 aliphatic heterocycles. The van der Waals surface area contributed by atoms with Gasteiger partial charge in [-0.15, -0.1) is 12.6 Å². The quantitative estimate of drug-likeness (QED) is 0.660. The lowest BCUT2D eigenvalue weighted by Crippen LogP contribution is -2.39. The van der Waals surface area contributed by atoms with Crippen LogP contribution in [-0.4, -0.2) is 18.7 Å². The fraction of sp³-hybridized carbons (Fsp3) is 0.500. The molecule has 18 heavy (non-hydrogen) atoms. The van der Waals surface area contributed by atoms with Crippen molar-refractivity contribution in [2.45, 2.75) is 43.6 Å². The first-order valence-electron chi connectivity index (χ1n) is 6.02. The van der Waals surface area contributed by atoms with Crippen LogP contribution in [0.25, 0.3) is 0 Å². The second-order valence-corrected chi connectivity index (χ2v) is 5.57. The van der Waals surface area contributed by atoms with Gasteiger partial charge >= 0.3 is 5.97 Å². The summed E-state index contributed by atoms with van der Waals surface area (Å²) in [5.74, 6) is 0.662. The largest absolute Gasteiger partial charge is 0.486 e. The summed E-state index contributed by atoms with van der Waals surface area (Å²) in [4.78, 5) is 12.4. The van der Waals surface area contributed by atoms with E-state index in [1.54, 1.807) is 0 Å².